The lowest BCUT2D eigenvalue weighted by Crippen LogP contribution is -2.71. The van der Waals surface area contributed by atoms with Crippen LogP contribution < -0.4 is 32.4 Å². The van der Waals surface area contributed by atoms with Crippen molar-refractivity contribution in [1.29, 1.82) is 0 Å². The molecule has 2 aromatic heterocycles. The highest BCUT2D eigenvalue weighted by atomic mass is 35.5. The second kappa shape index (κ2) is 12.1. The first-order valence-corrected chi connectivity index (χ1v) is 14.0. The molecule has 2 aromatic rings. The number of amides is 4. The van der Waals surface area contributed by atoms with E-state index in [1.54, 1.807) is 10.8 Å². The van der Waals surface area contributed by atoms with E-state index in [4.69, 9.17) is 38.7 Å². The summed E-state index contributed by atoms with van der Waals surface area (Å²) in [4.78, 5) is 70.9. The number of thioether (sulfide) groups is 1. The summed E-state index contributed by atoms with van der Waals surface area (Å²) in [5.41, 5.74) is 16.5. The van der Waals surface area contributed by atoms with E-state index in [0.29, 0.717) is 5.57 Å². The van der Waals surface area contributed by atoms with Gasteiger partial charge in [-0.15, -0.1) is 11.8 Å². The molecule has 1 saturated heterocycles. The number of nitrogen functional groups attached to an aromatic ring is 2. The summed E-state index contributed by atoms with van der Waals surface area (Å²) in [5, 5.41) is 26.7. The molecule has 3 atom stereocenters. The fourth-order valence-electron chi connectivity index (χ4n) is 3.95. The maximum atomic E-state index is 13.2. The highest BCUT2D eigenvalue weighted by Crippen LogP contribution is 2.40. The number of hydrogen-bond acceptors (Lipinski definition) is 12. The SMILES string of the molecule is C[C@H](O/N=C(\C(=O)NC1C(=O)N2C(C(=O)O)=C(C[n+]3ccc(N)c(NC(N)=O)c3)CSC12)c1nc(N)sc1Cl)C(=O)O. The maximum absolute atomic E-state index is 13.2. The summed E-state index contributed by atoms with van der Waals surface area (Å²) < 4.78 is 1.53. The van der Waals surface area contributed by atoms with Gasteiger partial charge in [-0.2, -0.15) is 4.57 Å². The van der Waals surface area contributed by atoms with Gasteiger partial charge in [0.15, 0.2) is 29.8 Å². The van der Waals surface area contributed by atoms with Crippen molar-refractivity contribution < 1.29 is 43.6 Å². The van der Waals surface area contributed by atoms with Crippen molar-refractivity contribution in [2.45, 2.75) is 31.0 Å². The molecule has 4 heterocycles. The molecule has 2 unspecified atom stereocenters. The number of urea groups is 1. The number of halogens is 1. The number of thiazole rings is 1. The normalized spacial score (nSPS) is 19.0. The van der Waals surface area contributed by atoms with E-state index in [2.05, 4.69) is 20.8 Å². The predicted octanol–water partition coefficient (Wildman–Crippen LogP) is -0.628. The first kappa shape index (κ1) is 30.3. The largest absolute Gasteiger partial charge is 0.478 e. The molecule has 17 nitrogen and oxygen atoms in total. The van der Waals surface area contributed by atoms with Crippen molar-refractivity contribution in [1.82, 2.24) is 15.2 Å². The van der Waals surface area contributed by atoms with Crippen LogP contribution in [0.4, 0.5) is 21.3 Å². The number of fused-ring (bicyclic) bond motifs is 1. The van der Waals surface area contributed by atoms with Crippen molar-refractivity contribution in [3.63, 3.8) is 0 Å². The molecule has 10 N–H and O–H groups in total. The van der Waals surface area contributed by atoms with Gasteiger partial charge in [-0.3, -0.25) is 14.5 Å². The van der Waals surface area contributed by atoms with Gasteiger partial charge in [-0.05, 0) is 6.92 Å². The van der Waals surface area contributed by atoms with Gasteiger partial charge in [-0.25, -0.2) is 19.4 Å². The van der Waals surface area contributed by atoms with E-state index < -0.39 is 53.0 Å². The number of carboxylic acid groups (broad SMARTS) is 2. The van der Waals surface area contributed by atoms with Gasteiger partial charge < -0.3 is 42.9 Å². The number of primary amides is 1. The molecule has 42 heavy (non-hydrogen) atoms. The highest BCUT2D eigenvalue weighted by molar-refractivity contribution is 8.00. The van der Waals surface area contributed by atoms with E-state index in [9.17, 15) is 29.1 Å². The van der Waals surface area contributed by atoms with Gasteiger partial charge in [0.1, 0.15) is 32.8 Å². The van der Waals surface area contributed by atoms with Crippen molar-refractivity contribution in [2.75, 3.05) is 22.5 Å². The number of aromatic nitrogens is 2. The minimum atomic E-state index is -1.43. The smallest absolute Gasteiger partial charge is 0.352 e. The van der Waals surface area contributed by atoms with Gasteiger partial charge in [0.2, 0.25) is 6.10 Å². The van der Waals surface area contributed by atoms with Crippen molar-refractivity contribution >= 4 is 86.7 Å². The number of nitrogens with one attached hydrogen (secondary N) is 2. The molecule has 1 fully saturated rings. The number of hydrogen-bond donors (Lipinski definition) is 7. The summed E-state index contributed by atoms with van der Waals surface area (Å²) in [6.45, 7) is 1.22. The zero-order valence-corrected chi connectivity index (χ0v) is 23.8. The summed E-state index contributed by atoms with van der Waals surface area (Å²) >= 11 is 8.16. The van der Waals surface area contributed by atoms with E-state index in [1.807, 2.05) is 0 Å². The molecule has 0 bridgehead atoms. The Morgan fingerprint density at radius 3 is 2.64 bits per heavy atom. The molecule has 20 heteroatoms. The van der Waals surface area contributed by atoms with Crippen LogP contribution in [0, 0.1) is 0 Å². The number of carboxylic acids is 2. The van der Waals surface area contributed by atoms with Gasteiger partial charge in [0.25, 0.3) is 11.8 Å². The predicted molar refractivity (Wildman–Crippen MR) is 150 cm³/mol. The molecule has 0 spiro atoms. The number of nitrogens with zero attached hydrogens (tertiary/aromatic N) is 4. The van der Waals surface area contributed by atoms with Crippen molar-refractivity contribution in [3.8, 4) is 0 Å². The van der Waals surface area contributed by atoms with Gasteiger partial charge in [0, 0.05) is 17.4 Å². The van der Waals surface area contributed by atoms with Gasteiger partial charge >= 0.3 is 18.0 Å². The number of oxime groups is 1. The molecule has 0 aliphatic carbocycles. The molecule has 4 rings (SSSR count). The van der Waals surface area contributed by atoms with Crippen molar-refractivity contribution in [2.24, 2.45) is 10.9 Å². The van der Waals surface area contributed by atoms with E-state index in [0.717, 1.165) is 16.2 Å². The fraction of sp³-hybridized carbons (Fsp3) is 0.273. The monoisotopic (exact) mass is 640 g/mol. The fourth-order valence-corrected chi connectivity index (χ4v) is 6.22. The Balaban J connectivity index is 1.56. The summed E-state index contributed by atoms with van der Waals surface area (Å²) in [5.74, 6) is -4.23. The van der Waals surface area contributed by atoms with Gasteiger partial charge in [-0.1, -0.05) is 28.1 Å². The number of anilines is 3. The molecule has 2 aliphatic heterocycles. The average molecular weight is 641 g/mol. The number of aliphatic carboxylic acids is 2. The Morgan fingerprint density at radius 2 is 2.05 bits per heavy atom. The van der Waals surface area contributed by atoms with E-state index in [-0.39, 0.29) is 44.5 Å². The Morgan fingerprint density at radius 1 is 1.33 bits per heavy atom. The standard InChI is InChI=1S/C22H22ClN9O8S2/c1-7(19(35)36)40-30-12(11-15(23)42-22(26)29-11)16(33)28-13-17(34)32-14(20(37)38)8(6-41-18(13)32)4-31-3-2-9(24)10(5-31)27-21(25)39/h2-3,5,7,13,18,24H,4,6H2,1H3,(H8,25,26,27,28,29,33,35,36,37,38,39)/p+1/b30-12-/t7-,13?,18?/m0/s1. The zero-order valence-electron chi connectivity index (χ0n) is 21.4. The lowest BCUT2D eigenvalue weighted by molar-refractivity contribution is -0.688. The number of carbonyl (C=O) groups excluding carboxylic acids is 3. The van der Waals surface area contributed by atoms with Gasteiger partial charge in [0.05, 0.1) is 5.69 Å². The first-order valence-electron chi connectivity index (χ1n) is 11.7. The van der Waals surface area contributed by atoms with Crippen molar-refractivity contribution in [3.05, 3.63) is 39.8 Å². The first-order chi connectivity index (χ1) is 19.8. The van der Waals surface area contributed by atoms with Crippen LogP contribution in [-0.2, 0) is 30.6 Å². The van der Waals surface area contributed by atoms with Crippen LogP contribution >= 0.6 is 34.7 Å². The maximum Gasteiger partial charge on any atom is 0.352 e. The van der Waals surface area contributed by atoms with Crippen LogP contribution in [0.3, 0.4) is 0 Å². The molecule has 2 aliphatic rings. The number of β-lactam (4-membered cyclic amide) rings is 1. The minimum absolute atomic E-state index is 0.00390. The van der Waals surface area contributed by atoms with Crippen LogP contribution in [0.5, 0.6) is 0 Å². The van der Waals surface area contributed by atoms with Crippen LogP contribution in [0.15, 0.2) is 34.9 Å². The van der Waals surface area contributed by atoms with Crippen LogP contribution in [0.2, 0.25) is 4.34 Å². The van der Waals surface area contributed by atoms with E-state index in [1.165, 1.54) is 30.9 Å². The average Bonchev–Trinajstić information content (AvgIpc) is 3.25. The molecule has 0 saturated carbocycles. The highest BCUT2D eigenvalue weighted by Gasteiger charge is 2.55. The lowest BCUT2D eigenvalue weighted by Gasteiger charge is -2.49. The third kappa shape index (κ3) is 6.16. The zero-order chi connectivity index (χ0) is 30.9. The Labute approximate surface area is 249 Å². The number of rotatable bonds is 10. The van der Waals surface area contributed by atoms with E-state index >= 15 is 0 Å². The molecule has 222 valence electrons. The molecular weight excluding hydrogens is 618 g/mol. The molecular formula is C22H23ClN9O8S2+. The third-order valence-electron chi connectivity index (χ3n) is 5.91. The summed E-state index contributed by atoms with van der Waals surface area (Å²) in [7, 11) is 0. The van der Waals surface area contributed by atoms with Crippen LogP contribution in [-0.4, -0.2) is 78.9 Å². The Bertz CT molecular complexity index is 1560. The topological polar surface area (TPSA) is 270 Å². The number of pyridine rings is 1. The van der Waals surface area contributed by atoms with Crippen LogP contribution in [0.25, 0.3) is 0 Å². The lowest BCUT2D eigenvalue weighted by atomic mass is 10.0. The minimum Gasteiger partial charge on any atom is -0.478 e. The van der Waals surface area contributed by atoms with Crippen LogP contribution in [0.1, 0.15) is 12.6 Å². The quantitative estimate of drug-likeness (QED) is 0.0740. The molecule has 4 amide bonds. The second-order valence-electron chi connectivity index (χ2n) is 8.79. The summed E-state index contributed by atoms with van der Waals surface area (Å²) in [6.07, 6.45) is 1.60. The number of nitrogens with two attached hydrogens (primary N) is 3. The summed E-state index contributed by atoms with van der Waals surface area (Å²) in [6, 6.07) is -0.504. The number of carbonyl (C=O) groups is 5. The Hall–Kier alpha value is -4.62. The molecule has 0 radical (unpaired) electrons. The second-order valence-corrected chi connectivity index (χ2v) is 11.5. The Kier molecular flexibility index (Phi) is 8.73. The third-order valence-corrected chi connectivity index (χ3v) is 8.33. The molecule has 0 aromatic carbocycles.